The quantitative estimate of drug-likeness (QED) is 0.751. The van der Waals surface area contributed by atoms with Crippen molar-refractivity contribution >= 4 is 0 Å². The number of hydrogen-bond acceptors (Lipinski definition) is 2. The number of nitrogens with zero attached hydrogens (tertiary/aromatic N) is 1. The third-order valence-electron chi connectivity index (χ3n) is 2.30. The van der Waals surface area contributed by atoms with Gasteiger partial charge in [0.25, 0.3) is 0 Å². The largest absolute Gasteiger partial charge is 0.394 e. The summed E-state index contributed by atoms with van der Waals surface area (Å²) in [6.45, 7) is 6.84. The predicted octanol–water partition coefficient (Wildman–Crippen LogP) is 2.10. The van der Waals surface area contributed by atoms with E-state index >= 15 is 0 Å². The summed E-state index contributed by atoms with van der Waals surface area (Å²) in [6, 6.07) is 0. The maximum atomic E-state index is 12.4. The van der Waals surface area contributed by atoms with Gasteiger partial charge in [0.05, 0.1) is 5.92 Å². The van der Waals surface area contributed by atoms with Crippen LogP contribution in [0.1, 0.15) is 20.8 Å². The van der Waals surface area contributed by atoms with E-state index in [0.29, 0.717) is 19.0 Å². The number of halogens is 3. The molecule has 2 N–H and O–H groups in total. The Bertz CT molecular complexity index is 169. The minimum atomic E-state index is -4.18. The average Bonchev–Trinajstić information content (AvgIpc) is 2.09. The standard InChI is InChI=1S/C10H21F3N2/c1-4-15(6-8(2)3)7-9(5-14)10(11,12)13/h8-9H,4-7,14H2,1-3H3. The Kier molecular flexibility index (Phi) is 6.20. The molecule has 0 aromatic rings. The first-order chi connectivity index (χ1) is 6.81. The van der Waals surface area contributed by atoms with Crippen LogP contribution in [0.5, 0.6) is 0 Å². The van der Waals surface area contributed by atoms with Crippen LogP contribution in [-0.4, -0.2) is 37.3 Å². The molecule has 0 amide bonds. The maximum absolute atomic E-state index is 12.4. The Morgan fingerprint density at radius 1 is 1.20 bits per heavy atom. The monoisotopic (exact) mass is 226 g/mol. The summed E-state index contributed by atoms with van der Waals surface area (Å²) in [5.74, 6) is -1.03. The van der Waals surface area contributed by atoms with Crippen molar-refractivity contribution in [3.63, 3.8) is 0 Å². The molecule has 0 saturated heterocycles. The fraction of sp³-hybridized carbons (Fsp3) is 1.00. The summed E-state index contributed by atoms with van der Waals surface area (Å²) >= 11 is 0. The Labute approximate surface area is 89.6 Å². The minimum absolute atomic E-state index is 0.00861. The highest BCUT2D eigenvalue weighted by Gasteiger charge is 2.39. The normalized spacial score (nSPS) is 15.0. The average molecular weight is 226 g/mol. The van der Waals surface area contributed by atoms with Gasteiger partial charge in [-0.2, -0.15) is 13.2 Å². The van der Waals surface area contributed by atoms with Crippen molar-refractivity contribution in [1.82, 2.24) is 4.90 Å². The Hall–Kier alpha value is -0.290. The minimum Gasteiger partial charge on any atom is -0.330 e. The Morgan fingerprint density at radius 2 is 1.73 bits per heavy atom. The van der Waals surface area contributed by atoms with Gasteiger partial charge in [-0.3, -0.25) is 0 Å². The molecule has 5 heteroatoms. The molecule has 0 aromatic heterocycles. The highest BCUT2D eigenvalue weighted by molar-refractivity contribution is 4.73. The number of hydrogen-bond donors (Lipinski definition) is 1. The van der Waals surface area contributed by atoms with E-state index in [1.54, 1.807) is 4.90 Å². The van der Waals surface area contributed by atoms with Crippen molar-refractivity contribution in [3.05, 3.63) is 0 Å². The van der Waals surface area contributed by atoms with Crippen LogP contribution in [0, 0.1) is 11.8 Å². The molecule has 0 spiro atoms. The summed E-state index contributed by atoms with van der Waals surface area (Å²) in [5.41, 5.74) is 5.15. The molecule has 0 aromatic carbocycles. The molecule has 15 heavy (non-hydrogen) atoms. The van der Waals surface area contributed by atoms with Gasteiger partial charge in [0.2, 0.25) is 0 Å². The van der Waals surface area contributed by atoms with E-state index in [1.807, 2.05) is 20.8 Å². The summed E-state index contributed by atoms with van der Waals surface area (Å²) < 4.78 is 37.3. The zero-order chi connectivity index (χ0) is 12.1. The first-order valence-corrected chi connectivity index (χ1v) is 5.30. The Morgan fingerprint density at radius 3 is 2.00 bits per heavy atom. The van der Waals surface area contributed by atoms with E-state index in [0.717, 1.165) is 0 Å². The first-order valence-electron chi connectivity index (χ1n) is 5.30. The molecular formula is C10H21F3N2. The van der Waals surface area contributed by atoms with Crippen molar-refractivity contribution < 1.29 is 13.2 Å². The first kappa shape index (κ1) is 14.7. The lowest BCUT2D eigenvalue weighted by Gasteiger charge is -2.28. The fourth-order valence-corrected chi connectivity index (χ4v) is 1.47. The highest BCUT2D eigenvalue weighted by atomic mass is 19.4. The van der Waals surface area contributed by atoms with E-state index in [-0.39, 0.29) is 13.1 Å². The second kappa shape index (κ2) is 6.33. The van der Waals surface area contributed by atoms with Crippen molar-refractivity contribution in [2.24, 2.45) is 17.6 Å². The molecule has 0 fully saturated rings. The van der Waals surface area contributed by atoms with Gasteiger partial charge in [0.1, 0.15) is 0 Å². The van der Waals surface area contributed by atoms with Crippen molar-refractivity contribution in [2.75, 3.05) is 26.2 Å². The summed E-state index contributed by atoms with van der Waals surface area (Å²) in [7, 11) is 0. The zero-order valence-electron chi connectivity index (χ0n) is 9.64. The van der Waals surface area contributed by atoms with Gasteiger partial charge in [-0.05, 0) is 12.5 Å². The van der Waals surface area contributed by atoms with Crippen LogP contribution in [-0.2, 0) is 0 Å². The van der Waals surface area contributed by atoms with Crippen LogP contribution < -0.4 is 5.73 Å². The lowest BCUT2D eigenvalue weighted by Crippen LogP contribution is -2.42. The molecule has 2 nitrogen and oxygen atoms in total. The van der Waals surface area contributed by atoms with Gasteiger partial charge in [0.15, 0.2) is 0 Å². The molecule has 0 heterocycles. The molecule has 1 unspecified atom stereocenters. The lowest BCUT2D eigenvalue weighted by molar-refractivity contribution is -0.176. The molecular weight excluding hydrogens is 205 g/mol. The molecule has 0 aliphatic rings. The molecule has 1 atom stereocenters. The van der Waals surface area contributed by atoms with Crippen LogP contribution >= 0.6 is 0 Å². The fourth-order valence-electron chi connectivity index (χ4n) is 1.47. The summed E-state index contributed by atoms with van der Waals surface area (Å²) in [4.78, 5) is 1.80. The highest BCUT2D eigenvalue weighted by Crippen LogP contribution is 2.26. The van der Waals surface area contributed by atoms with Gasteiger partial charge in [-0.15, -0.1) is 0 Å². The number of rotatable bonds is 6. The van der Waals surface area contributed by atoms with Crippen molar-refractivity contribution in [1.29, 1.82) is 0 Å². The van der Waals surface area contributed by atoms with E-state index in [2.05, 4.69) is 0 Å². The van der Waals surface area contributed by atoms with Gasteiger partial charge in [-0.1, -0.05) is 20.8 Å². The Balaban J connectivity index is 4.25. The molecule has 0 aliphatic heterocycles. The smallest absolute Gasteiger partial charge is 0.330 e. The maximum Gasteiger partial charge on any atom is 0.394 e. The number of nitrogens with two attached hydrogens (primary N) is 1. The molecule has 92 valence electrons. The molecule has 0 bridgehead atoms. The van der Waals surface area contributed by atoms with E-state index in [1.165, 1.54) is 0 Å². The van der Waals surface area contributed by atoms with Crippen LogP contribution in [0.15, 0.2) is 0 Å². The zero-order valence-corrected chi connectivity index (χ0v) is 9.64. The van der Waals surface area contributed by atoms with Crippen LogP contribution in [0.3, 0.4) is 0 Å². The van der Waals surface area contributed by atoms with E-state index in [9.17, 15) is 13.2 Å². The topological polar surface area (TPSA) is 29.3 Å². The summed E-state index contributed by atoms with van der Waals surface area (Å²) in [5, 5.41) is 0. The van der Waals surface area contributed by atoms with E-state index < -0.39 is 12.1 Å². The predicted molar refractivity (Wildman–Crippen MR) is 55.6 cm³/mol. The van der Waals surface area contributed by atoms with Gasteiger partial charge in [0, 0.05) is 19.6 Å². The van der Waals surface area contributed by atoms with Gasteiger partial charge < -0.3 is 10.6 Å². The van der Waals surface area contributed by atoms with Crippen LogP contribution in [0.4, 0.5) is 13.2 Å². The van der Waals surface area contributed by atoms with Crippen LogP contribution in [0.2, 0.25) is 0 Å². The molecule has 0 saturated carbocycles. The third kappa shape index (κ3) is 5.99. The third-order valence-corrected chi connectivity index (χ3v) is 2.30. The van der Waals surface area contributed by atoms with E-state index in [4.69, 9.17) is 5.73 Å². The number of alkyl halides is 3. The second-order valence-corrected chi connectivity index (χ2v) is 4.22. The molecule has 0 aliphatic carbocycles. The molecule has 0 radical (unpaired) electrons. The van der Waals surface area contributed by atoms with Crippen molar-refractivity contribution in [3.8, 4) is 0 Å². The SMILES string of the molecule is CCN(CC(C)C)CC(CN)C(F)(F)F. The summed E-state index contributed by atoms with van der Waals surface area (Å²) in [6.07, 6.45) is -4.18. The van der Waals surface area contributed by atoms with Gasteiger partial charge >= 0.3 is 6.18 Å². The van der Waals surface area contributed by atoms with Gasteiger partial charge in [-0.25, -0.2) is 0 Å². The second-order valence-electron chi connectivity index (χ2n) is 4.22. The lowest BCUT2D eigenvalue weighted by atomic mass is 10.1. The van der Waals surface area contributed by atoms with Crippen molar-refractivity contribution in [2.45, 2.75) is 26.9 Å². The molecule has 0 rings (SSSR count). The van der Waals surface area contributed by atoms with Crippen LogP contribution in [0.25, 0.3) is 0 Å².